The molecule has 0 N–H and O–H groups in total. The average molecular weight is 406 g/mol. The summed E-state index contributed by atoms with van der Waals surface area (Å²) in [4.78, 5) is 18.1. The lowest BCUT2D eigenvalue weighted by atomic mass is 10.0. The van der Waals surface area contributed by atoms with Gasteiger partial charge in [0, 0.05) is 17.2 Å². The quantitative estimate of drug-likeness (QED) is 0.417. The lowest BCUT2D eigenvalue weighted by Crippen LogP contribution is -2.06. The Kier molecular flexibility index (Phi) is 5.18. The highest BCUT2D eigenvalue weighted by atomic mass is 19.1. The summed E-state index contributed by atoms with van der Waals surface area (Å²) in [6.07, 6.45) is 0.231. The molecule has 0 bridgehead atoms. The Hall–Kier alpha value is -3.02. The van der Waals surface area contributed by atoms with Crippen molar-refractivity contribution in [1.82, 2.24) is 19.9 Å². The fourth-order valence-corrected chi connectivity index (χ4v) is 3.78. The van der Waals surface area contributed by atoms with Gasteiger partial charge in [0.25, 0.3) is 0 Å². The number of aromatic nitrogens is 4. The SMILES string of the molecule is Cc1nc(C(C)C)c2ccc(Cc3nc(C(C)C)c4cc(F)ccc4n3)c(F)c2n1. The van der Waals surface area contributed by atoms with Crippen LogP contribution >= 0.6 is 0 Å². The van der Waals surface area contributed by atoms with Crippen LogP contribution in [-0.4, -0.2) is 19.9 Å². The predicted molar refractivity (Wildman–Crippen MR) is 115 cm³/mol. The van der Waals surface area contributed by atoms with Crippen LogP contribution in [0.5, 0.6) is 0 Å². The summed E-state index contributed by atoms with van der Waals surface area (Å²) in [6.45, 7) is 9.84. The maximum absolute atomic E-state index is 15.4. The Balaban J connectivity index is 1.84. The molecule has 0 spiro atoms. The highest BCUT2D eigenvalue weighted by Gasteiger charge is 2.18. The van der Waals surface area contributed by atoms with E-state index >= 15 is 4.39 Å². The van der Waals surface area contributed by atoms with Crippen molar-refractivity contribution in [2.24, 2.45) is 0 Å². The van der Waals surface area contributed by atoms with E-state index in [1.54, 1.807) is 19.1 Å². The number of rotatable bonds is 4. The van der Waals surface area contributed by atoms with E-state index in [2.05, 4.69) is 19.9 Å². The number of nitrogens with zero attached hydrogens (tertiary/aromatic N) is 4. The Morgan fingerprint density at radius 2 is 1.50 bits per heavy atom. The fraction of sp³-hybridized carbons (Fsp3) is 0.333. The van der Waals surface area contributed by atoms with Crippen LogP contribution in [-0.2, 0) is 6.42 Å². The molecule has 2 heterocycles. The van der Waals surface area contributed by atoms with Gasteiger partial charge in [-0.05, 0) is 42.5 Å². The van der Waals surface area contributed by atoms with E-state index in [0.717, 1.165) is 16.8 Å². The third-order valence-electron chi connectivity index (χ3n) is 5.20. The summed E-state index contributed by atoms with van der Waals surface area (Å²) in [6, 6.07) is 8.12. The first-order valence-corrected chi connectivity index (χ1v) is 10.2. The molecular formula is C24H24F2N4. The minimum atomic E-state index is -0.367. The van der Waals surface area contributed by atoms with E-state index in [0.29, 0.717) is 33.6 Å². The molecule has 6 heteroatoms. The minimum Gasteiger partial charge on any atom is -0.237 e. The second-order valence-electron chi connectivity index (χ2n) is 8.26. The van der Waals surface area contributed by atoms with Crippen LogP contribution in [0.15, 0.2) is 30.3 Å². The highest BCUT2D eigenvalue weighted by Crippen LogP contribution is 2.28. The van der Waals surface area contributed by atoms with Crippen LogP contribution < -0.4 is 0 Å². The second-order valence-corrected chi connectivity index (χ2v) is 8.26. The fourth-order valence-electron chi connectivity index (χ4n) is 3.78. The monoisotopic (exact) mass is 406 g/mol. The van der Waals surface area contributed by atoms with E-state index in [4.69, 9.17) is 0 Å². The first kappa shape index (κ1) is 20.3. The standard InChI is InChI=1S/C24H24F2N4/c1-12(2)22-17-8-6-15(21(26)24(17)28-14(5)27-22)10-20-29-19-9-7-16(25)11-18(19)23(30-20)13(3)4/h6-9,11-13H,10H2,1-5H3. The van der Waals surface area contributed by atoms with Gasteiger partial charge in [-0.3, -0.25) is 0 Å². The number of benzene rings is 2. The molecule has 4 nitrogen and oxygen atoms in total. The van der Waals surface area contributed by atoms with Crippen molar-refractivity contribution in [2.45, 2.75) is 52.9 Å². The van der Waals surface area contributed by atoms with Crippen molar-refractivity contribution in [1.29, 1.82) is 0 Å². The second kappa shape index (κ2) is 7.67. The third kappa shape index (κ3) is 3.62. The predicted octanol–water partition coefficient (Wildman–Crippen LogP) is 6.00. The molecule has 0 fully saturated rings. The zero-order valence-electron chi connectivity index (χ0n) is 17.8. The highest BCUT2D eigenvalue weighted by molar-refractivity contribution is 5.83. The van der Waals surface area contributed by atoms with Gasteiger partial charge in [-0.2, -0.15) is 0 Å². The summed E-state index contributed by atoms with van der Waals surface area (Å²) < 4.78 is 29.1. The van der Waals surface area contributed by atoms with Gasteiger partial charge in [-0.25, -0.2) is 28.7 Å². The molecule has 2 aromatic heterocycles. The van der Waals surface area contributed by atoms with Crippen molar-refractivity contribution in [3.63, 3.8) is 0 Å². The summed E-state index contributed by atoms with van der Waals surface area (Å²) in [5.74, 6) is 0.615. The van der Waals surface area contributed by atoms with E-state index in [9.17, 15) is 4.39 Å². The van der Waals surface area contributed by atoms with Gasteiger partial charge in [0.2, 0.25) is 0 Å². The van der Waals surface area contributed by atoms with Gasteiger partial charge < -0.3 is 0 Å². The molecule has 0 radical (unpaired) electrons. The molecule has 4 aromatic rings. The maximum Gasteiger partial charge on any atom is 0.153 e. The van der Waals surface area contributed by atoms with Crippen molar-refractivity contribution in [2.75, 3.05) is 0 Å². The molecule has 0 amide bonds. The molecule has 0 aliphatic heterocycles. The molecule has 0 aliphatic rings. The smallest absolute Gasteiger partial charge is 0.153 e. The molecule has 0 atom stereocenters. The largest absolute Gasteiger partial charge is 0.237 e. The summed E-state index contributed by atoms with van der Waals surface area (Å²) in [7, 11) is 0. The number of fused-ring (bicyclic) bond motifs is 2. The molecular weight excluding hydrogens is 382 g/mol. The van der Waals surface area contributed by atoms with Crippen molar-refractivity contribution >= 4 is 21.8 Å². The summed E-state index contributed by atoms with van der Waals surface area (Å²) >= 11 is 0. The van der Waals surface area contributed by atoms with Gasteiger partial charge in [0.1, 0.15) is 23.0 Å². The number of aryl methyl sites for hydroxylation is 1. The Morgan fingerprint density at radius 1 is 0.800 bits per heavy atom. The third-order valence-corrected chi connectivity index (χ3v) is 5.20. The Labute approximate surface area is 174 Å². The molecule has 4 rings (SSSR count). The summed E-state index contributed by atoms with van der Waals surface area (Å²) in [5.41, 5.74) is 3.07. The van der Waals surface area contributed by atoms with Gasteiger partial charge in [-0.1, -0.05) is 39.8 Å². The van der Waals surface area contributed by atoms with Crippen molar-refractivity contribution < 1.29 is 8.78 Å². The normalized spacial score (nSPS) is 11.9. The van der Waals surface area contributed by atoms with Crippen LogP contribution in [0.4, 0.5) is 8.78 Å². The van der Waals surface area contributed by atoms with E-state index in [-0.39, 0.29) is 29.9 Å². The minimum absolute atomic E-state index is 0.0847. The van der Waals surface area contributed by atoms with E-state index < -0.39 is 0 Å². The topological polar surface area (TPSA) is 51.6 Å². The summed E-state index contributed by atoms with van der Waals surface area (Å²) in [5, 5.41) is 1.42. The van der Waals surface area contributed by atoms with Crippen LogP contribution in [0.25, 0.3) is 21.8 Å². The molecule has 2 aromatic carbocycles. The lowest BCUT2D eigenvalue weighted by Gasteiger charge is -2.14. The van der Waals surface area contributed by atoms with Gasteiger partial charge >= 0.3 is 0 Å². The average Bonchev–Trinajstić information content (AvgIpc) is 2.69. The van der Waals surface area contributed by atoms with Gasteiger partial charge in [-0.15, -0.1) is 0 Å². The van der Waals surface area contributed by atoms with Crippen LogP contribution in [0.1, 0.15) is 68.1 Å². The zero-order valence-corrected chi connectivity index (χ0v) is 17.8. The van der Waals surface area contributed by atoms with Crippen molar-refractivity contribution in [3.8, 4) is 0 Å². The van der Waals surface area contributed by atoms with Gasteiger partial charge in [0.15, 0.2) is 5.82 Å². The van der Waals surface area contributed by atoms with E-state index in [1.165, 1.54) is 12.1 Å². The molecule has 0 saturated heterocycles. The van der Waals surface area contributed by atoms with Crippen molar-refractivity contribution in [3.05, 3.63) is 70.6 Å². The Bertz CT molecular complexity index is 1270. The number of halogens is 2. The molecule has 30 heavy (non-hydrogen) atoms. The molecule has 0 saturated carbocycles. The van der Waals surface area contributed by atoms with Gasteiger partial charge in [0.05, 0.1) is 16.9 Å². The van der Waals surface area contributed by atoms with Crippen LogP contribution in [0.2, 0.25) is 0 Å². The molecule has 0 unspecified atom stereocenters. The first-order chi connectivity index (χ1) is 14.2. The molecule has 154 valence electrons. The number of hydrogen-bond donors (Lipinski definition) is 0. The van der Waals surface area contributed by atoms with Crippen LogP contribution in [0.3, 0.4) is 0 Å². The maximum atomic E-state index is 15.4. The zero-order chi connectivity index (χ0) is 21.6. The van der Waals surface area contributed by atoms with E-state index in [1.807, 2.05) is 33.8 Å². The first-order valence-electron chi connectivity index (χ1n) is 10.2. The Morgan fingerprint density at radius 3 is 2.20 bits per heavy atom. The lowest BCUT2D eigenvalue weighted by molar-refractivity contribution is 0.619. The number of hydrogen-bond acceptors (Lipinski definition) is 4. The molecule has 0 aliphatic carbocycles. The van der Waals surface area contributed by atoms with Crippen LogP contribution in [0, 0.1) is 18.6 Å².